The molecule has 2 heterocycles. The number of anilines is 1. The number of hydrogen-bond donors (Lipinski definition) is 2. The maximum Gasteiger partial charge on any atom is 0.371 e. The number of carboxylic acids is 1. The van der Waals surface area contributed by atoms with Crippen molar-refractivity contribution in [3.8, 4) is 0 Å². The van der Waals surface area contributed by atoms with Gasteiger partial charge in [-0.3, -0.25) is 0 Å². The highest BCUT2D eigenvalue weighted by Crippen LogP contribution is 2.27. The van der Waals surface area contributed by atoms with Crippen molar-refractivity contribution >= 4 is 37.9 Å². The lowest BCUT2D eigenvalue weighted by molar-refractivity contribution is 0.0661. The number of hydrogen-bond acceptors (Lipinski definition) is 7. The lowest BCUT2D eigenvalue weighted by Gasteiger charge is -2.00. The summed E-state index contributed by atoms with van der Waals surface area (Å²) in [7, 11) is -4.09. The van der Waals surface area contributed by atoms with Crippen LogP contribution >= 0.6 is 15.9 Å². The van der Waals surface area contributed by atoms with Crippen molar-refractivity contribution in [2.45, 2.75) is 11.8 Å². The number of carbonyl (C=O) groups is 1. The van der Waals surface area contributed by atoms with E-state index in [4.69, 9.17) is 9.52 Å². The summed E-state index contributed by atoms with van der Waals surface area (Å²) < 4.78 is 35.0. The summed E-state index contributed by atoms with van der Waals surface area (Å²) in [5.41, 5.74) is 0. The molecule has 0 aliphatic heterocycles. The van der Waals surface area contributed by atoms with Crippen molar-refractivity contribution < 1.29 is 27.3 Å². The van der Waals surface area contributed by atoms with Crippen LogP contribution in [0.2, 0.25) is 0 Å². The van der Waals surface area contributed by atoms with E-state index in [-0.39, 0.29) is 21.4 Å². The van der Waals surface area contributed by atoms with Crippen molar-refractivity contribution in [1.29, 1.82) is 0 Å². The molecular formula is C8H6BrN3O6S. The lowest BCUT2D eigenvalue weighted by atomic mass is 10.5. The van der Waals surface area contributed by atoms with Crippen LogP contribution in [0.5, 0.6) is 0 Å². The Bertz CT molecular complexity index is 734. The normalized spacial score (nSPS) is 11.5. The molecule has 19 heavy (non-hydrogen) atoms. The highest BCUT2D eigenvalue weighted by molar-refractivity contribution is 9.10. The Labute approximate surface area is 114 Å². The van der Waals surface area contributed by atoms with Gasteiger partial charge in [-0.1, -0.05) is 5.16 Å². The van der Waals surface area contributed by atoms with Crippen LogP contribution in [0.25, 0.3) is 0 Å². The maximum atomic E-state index is 11.9. The van der Waals surface area contributed by atoms with Gasteiger partial charge in [0.1, 0.15) is 4.90 Å². The van der Waals surface area contributed by atoms with Gasteiger partial charge >= 0.3 is 12.0 Å². The Morgan fingerprint density at radius 2 is 2.21 bits per heavy atom. The number of nitrogens with one attached hydrogen (secondary N) is 1. The first-order valence-electron chi connectivity index (χ1n) is 4.65. The molecule has 0 atom stereocenters. The quantitative estimate of drug-likeness (QED) is 0.839. The molecule has 0 unspecified atom stereocenters. The van der Waals surface area contributed by atoms with E-state index < -0.39 is 21.8 Å². The molecule has 11 heteroatoms. The summed E-state index contributed by atoms with van der Waals surface area (Å²) in [6.45, 7) is 1.51. The lowest BCUT2D eigenvalue weighted by Crippen LogP contribution is -2.13. The average Bonchev–Trinajstić information content (AvgIpc) is 2.85. The zero-order chi connectivity index (χ0) is 14.2. The standard InChI is InChI=1S/C8H6BrN3O6S/c1-3-10-8(18-11-3)12-19(15,16)5-2-4(7(13)14)17-6(5)9/h2H,1H3,(H,13,14)(H,10,11,12). The summed E-state index contributed by atoms with van der Waals surface area (Å²) in [5.74, 6) is -1.67. The first-order chi connectivity index (χ1) is 8.79. The molecule has 0 aliphatic carbocycles. The molecule has 0 aliphatic rings. The van der Waals surface area contributed by atoms with E-state index in [1.54, 1.807) is 0 Å². The van der Waals surface area contributed by atoms with Crippen LogP contribution in [0, 0.1) is 6.92 Å². The van der Waals surface area contributed by atoms with Crippen LogP contribution in [0.1, 0.15) is 16.4 Å². The summed E-state index contributed by atoms with van der Waals surface area (Å²) in [5, 5.41) is 12.1. The minimum absolute atomic E-state index is 0.242. The number of aromatic nitrogens is 2. The second kappa shape index (κ2) is 4.66. The molecule has 0 fully saturated rings. The third-order valence-electron chi connectivity index (χ3n) is 1.91. The number of rotatable bonds is 4. The van der Waals surface area contributed by atoms with Crippen LogP contribution in [0.4, 0.5) is 6.01 Å². The molecule has 0 radical (unpaired) electrons. The van der Waals surface area contributed by atoms with Crippen molar-refractivity contribution in [1.82, 2.24) is 10.1 Å². The van der Waals surface area contributed by atoms with E-state index in [1.807, 2.05) is 4.72 Å². The minimum atomic E-state index is -4.09. The molecule has 0 saturated carbocycles. The van der Waals surface area contributed by atoms with E-state index >= 15 is 0 Å². The third-order valence-corrected chi connectivity index (χ3v) is 4.08. The van der Waals surface area contributed by atoms with Gasteiger partial charge in [-0.25, -0.2) is 17.9 Å². The SMILES string of the molecule is Cc1noc(NS(=O)(=O)c2cc(C(=O)O)oc2Br)n1. The second-order valence-corrected chi connectivity index (χ2v) is 5.68. The Morgan fingerprint density at radius 3 is 2.68 bits per heavy atom. The van der Waals surface area contributed by atoms with Gasteiger partial charge < -0.3 is 14.0 Å². The number of aryl methyl sites for hydroxylation is 1. The van der Waals surface area contributed by atoms with Crippen molar-refractivity contribution in [2.24, 2.45) is 0 Å². The number of nitrogens with zero attached hydrogens (tertiary/aromatic N) is 2. The summed E-state index contributed by atoms with van der Waals surface area (Å²) in [6, 6.07) is 0.528. The molecule has 2 aromatic rings. The molecule has 0 saturated heterocycles. The average molecular weight is 352 g/mol. The van der Waals surface area contributed by atoms with Gasteiger partial charge in [-0.05, 0) is 22.9 Å². The van der Waals surface area contributed by atoms with Gasteiger partial charge in [0.25, 0.3) is 10.0 Å². The summed E-state index contributed by atoms with van der Waals surface area (Å²) in [4.78, 5) is 14.0. The summed E-state index contributed by atoms with van der Waals surface area (Å²) >= 11 is 2.82. The van der Waals surface area contributed by atoms with E-state index in [2.05, 4.69) is 30.6 Å². The molecular weight excluding hydrogens is 346 g/mol. The number of halogens is 1. The van der Waals surface area contributed by atoms with Crippen molar-refractivity contribution in [3.05, 3.63) is 22.3 Å². The number of furan rings is 1. The molecule has 9 nitrogen and oxygen atoms in total. The molecule has 2 rings (SSSR count). The zero-order valence-electron chi connectivity index (χ0n) is 9.25. The van der Waals surface area contributed by atoms with Gasteiger partial charge in [0.05, 0.1) is 0 Å². The Morgan fingerprint density at radius 1 is 1.53 bits per heavy atom. The van der Waals surface area contributed by atoms with Gasteiger partial charge in [0.15, 0.2) is 10.5 Å². The molecule has 102 valence electrons. The minimum Gasteiger partial charge on any atom is -0.475 e. The van der Waals surface area contributed by atoms with Crippen LogP contribution in [0.3, 0.4) is 0 Å². The monoisotopic (exact) mass is 351 g/mol. The molecule has 0 aromatic carbocycles. The topological polar surface area (TPSA) is 136 Å². The van der Waals surface area contributed by atoms with Crippen molar-refractivity contribution in [2.75, 3.05) is 4.72 Å². The van der Waals surface area contributed by atoms with Crippen LogP contribution in [-0.4, -0.2) is 29.6 Å². The molecule has 2 N–H and O–H groups in total. The smallest absolute Gasteiger partial charge is 0.371 e. The summed E-state index contributed by atoms with van der Waals surface area (Å²) in [6.07, 6.45) is 0. The third kappa shape index (κ3) is 2.76. The van der Waals surface area contributed by atoms with Crippen molar-refractivity contribution in [3.63, 3.8) is 0 Å². The molecule has 0 bridgehead atoms. The molecule has 2 aromatic heterocycles. The Kier molecular flexibility index (Phi) is 3.32. The number of aromatic carboxylic acids is 1. The fraction of sp³-hybridized carbons (Fsp3) is 0.125. The highest BCUT2D eigenvalue weighted by atomic mass is 79.9. The van der Waals surface area contributed by atoms with Gasteiger partial charge in [-0.15, -0.1) is 0 Å². The molecule has 0 amide bonds. The van der Waals surface area contributed by atoms with E-state index in [1.165, 1.54) is 6.92 Å². The molecule has 0 spiro atoms. The zero-order valence-corrected chi connectivity index (χ0v) is 11.6. The van der Waals surface area contributed by atoms with Gasteiger partial charge in [0.2, 0.25) is 5.76 Å². The number of carboxylic acid groups (broad SMARTS) is 1. The largest absolute Gasteiger partial charge is 0.475 e. The first kappa shape index (κ1) is 13.5. The van der Waals surface area contributed by atoms with Crippen LogP contribution in [0.15, 0.2) is 24.6 Å². The second-order valence-electron chi connectivity index (χ2n) is 3.31. The van der Waals surface area contributed by atoms with Crippen LogP contribution < -0.4 is 4.72 Å². The Balaban J connectivity index is 2.37. The van der Waals surface area contributed by atoms with E-state index in [0.29, 0.717) is 0 Å². The Hall–Kier alpha value is -1.88. The highest BCUT2D eigenvalue weighted by Gasteiger charge is 2.26. The van der Waals surface area contributed by atoms with E-state index in [9.17, 15) is 13.2 Å². The number of sulfonamides is 1. The fourth-order valence-electron chi connectivity index (χ4n) is 1.15. The fourth-order valence-corrected chi connectivity index (χ4v) is 3.02. The van der Waals surface area contributed by atoms with Gasteiger partial charge in [0, 0.05) is 6.07 Å². The predicted octanol–water partition coefficient (Wildman–Crippen LogP) is 1.23. The van der Waals surface area contributed by atoms with E-state index in [0.717, 1.165) is 6.07 Å². The first-order valence-corrected chi connectivity index (χ1v) is 6.93. The maximum absolute atomic E-state index is 11.9. The van der Waals surface area contributed by atoms with Gasteiger partial charge in [-0.2, -0.15) is 4.98 Å². The predicted molar refractivity (Wildman–Crippen MR) is 63.2 cm³/mol. The van der Waals surface area contributed by atoms with Crippen LogP contribution in [-0.2, 0) is 10.0 Å².